The van der Waals surface area contributed by atoms with Gasteiger partial charge >= 0.3 is 0 Å². The van der Waals surface area contributed by atoms with E-state index >= 15 is 0 Å². The predicted molar refractivity (Wildman–Crippen MR) is 131 cm³/mol. The van der Waals surface area contributed by atoms with E-state index in [0.717, 1.165) is 17.5 Å². The van der Waals surface area contributed by atoms with Gasteiger partial charge in [0.2, 0.25) is 0 Å². The van der Waals surface area contributed by atoms with Crippen LogP contribution in [-0.2, 0) is 9.47 Å². The van der Waals surface area contributed by atoms with Crippen molar-refractivity contribution in [3.8, 4) is 0 Å². The van der Waals surface area contributed by atoms with E-state index in [1.807, 2.05) is 17.0 Å². The average molecular weight is 503 g/mol. The molecular formula is C23H23ClN4O5S. The molecule has 1 atom stereocenters. The minimum atomic E-state index is -0.441. The van der Waals surface area contributed by atoms with E-state index < -0.39 is 4.92 Å². The lowest BCUT2D eigenvalue weighted by molar-refractivity contribution is -0.384. The van der Waals surface area contributed by atoms with Gasteiger partial charge in [-0.3, -0.25) is 19.8 Å². The third kappa shape index (κ3) is 4.58. The molecular weight excluding hydrogens is 480 g/mol. The molecule has 0 radical (unpaired) electrons. The Morgan fingerprint density at radius 1 is 1.26 bits per heavy atom. The van der Waals surface area contributed by atoms with Crippen LogP contribution in [0.15, 0.2) is 36.4 Å². The van der Waals surface area contributed by atoms with Crippen LogP contribution in [0.5, 0.6) is 0 Å². The number of carbonyl (C=O) groups is 1. The zero-order valence-corrected chi connectivity index (χ0v) is 19.9. The van der Waals surface area contributed by atoms with Crippen LogP contribution >= 0.6 is 22.9 Å². The second-order valence-electron chi connectivity index (χ2n) is 8.19. The van der Waals surface area contributed by atoms with Crippen LogP contribution in [0.4, 0.5) is 16.5 Å². The van der Waals surface area contributed by atoms with Gasteiger partial charge in [-0.1, -0.05) is 29.0 Å². The number of hydrogen-bond acceptors (Lipinski definition) is 8. The second-order valence-corrected chi connectivity index (χ2v) is 9.61. The van der Waals surface area contributed by atoms with Gasteiger partial charge in [0, 0.05) is 31.3 Å². The third-order valence-corrected chi connectivity index (χ3v) is 7.36. The maximum absolute atomic E-state index is 13.7. The zero-order valence-electron chi connectivity index (χ0n) is 18.3. The van der Waals surface area contributed by atoms with Gasteiger partial charge in [-0.05, 0) is 37.1 Å². The molecule has 3 aromatic rings. The van der Waals surface area contributed by atoms with Crippen molar-refractivity contribution in [1.82, 2.24) is 4.98 Å². The Labute approximate surface area is 205 Å². The largest absolute Gasteiger partial charge is 0.378 e. The molecule has 2 saturated heterocycles. The summed E-state index contributed by atoms with van der Waals surface area (Å²) in [6, 6.07) is 10.1. The number of rotatable bonds is 6. The first-order valence-corrected chi connectivity index (χ1v) is 12.3. The third-order valence-electron chi connectivity index (χ3n) is 6.02. The summed E-state index contributed by atoms with van der Waals surface area (Å²) in [5, 5.41) is 12.9. The minimum absolute atomic E-state index is 0.0999. The quantitative estimate of drug-likeness (QED) is 0.361. The Bertz CT molecular complexity index is 1220. The number of halogens is 1. The summed E-state index contributed by atoms with van der Waals surface area (Å²) in [5.74, 6) is -0.359. The van der Waals surface area contributed by atoms with Crippen molar-refractivity contribution in [3.63, 3.8) is 0 Å². The summed E-state index contributed by atoms with van der Waals surface area (Å²) >= 11 is 7.68. The fraction of sp³-hybridized carbons (Fsp3) is 0.391. The van der Waals surface area contributed by atoms with E-state index in [0.29, 0.717) is 60.8 Å². The number of benzene rings is 2. The number of thiazole rings is 1. The number of fused-ring (bicyclic) bond motifs is 1. The Morgan fingerprint density at radius 3 is 2.79 bits per heavy atom. The Kier molecular flexibility index (Phi) is 6.64. The molecule has 2 aromatic carbocycles. The highest BCUT2D eigenvalue weighted by Crippen LogP contribution is 2.35. The number of morpholine rings is 1. The van der Waals surface area contributed by atoms with E-state index in [9.17, 15) is 14.9 Å². The molecule has 2 aliphatic heterocycles. The van der Waals surface area contributed by atoms with E-state index in [2.05, 4.69) is 4.98 Å². The first kappa shape index (κ1) is 23.0. The highest BCUT2D eigenvalue weighted by Gasteiger charge is 2.30. The summed E-state index contributed by atoms with van der Waals surface area (Å²) in [7, 11) is 0. The monoisotopic (exact) mass is 502 g/mol. The average Bonchev–Trinajstić information content (AvgIpc) is 3.53. The smallest absolute Gasteiger partial charge is 0.293 e. The lowest BCUT2D eigenvalue weighted by atomic mass is 10.1. The number of nitro benzene ring substituents is 1. The molecule has 11 heteroatoms. The lowest BCUT2D eigenvalue weighted by Gasteiger charge is -2.28. The molecule has 178 valence electrons. The zero-order chi connectivity index (χ0) is 23.7. The molecule has 3 heterocycles. The number of anilines is 2. The number of aromatic nitrogens is 1. The van der Waals surface area contributed by atoms with Gasteiger partial charge in [-0.2, -0.15) is 0 Å². The van der Waals surface area contributed by atoms with Crippen LogP contribution in [0.3, 0.4) is 0 Å². The summed E-state index contributed by atoms with van der Waals surface area (Å²) in [4.78, 5) is 33.3. The predicted octanol–water partition coefficient (Wildman–Crippen LogP) is 4.52. The van der Waals surface area contributed by atoms with Crippen LogP contribution in [0.2, 0.25) is 5.02 Å². The normalized spacial score (nSPS) is 18.4. The fourth-order valence-electron chi connectivity index (χ4n) is 4.29. The number of para-hydroxylation sites is 1. The molecule has 0 N–H and O–H groups in total. The summed E-state index contributed by atoms with van der Waals surface area (Å²) in [6.07, 6.45) is 1.65. The summed E-state index contributed by atoms with van der Waals surface area (Å²) < 4.78 is 12.0. The van der Waals surface area contributed by atoms with Crippen LogP contribution in [-0.4, -0.2) is 61.4 Å². The summed E-state index contributed by atoms with van der Waals surface area (Å²) in [6.45, 7) is 3.10. The van der Waals surface area contributed by atoms with Crippen molar-refractivity contribution in [3.05, 3.63) is 57.1 Å². The van der Waals surface area contributed by atoms with E-state index in [1.165, 1.54) is 17.4 Å². The molecule has 2 aliphatic rings. The number of ether oxygens (including phenoxy) is 2. The van der Waals surface area contributed by atoms with Gasteiger partial charge < -0.3 is 14.4 Å². The first-order chi connectivity index (χ1) is 16.5. The van der Waals surface area contributed by atoms with E-state index in [-0.39, 0.29) is 23.3 Å². The molecule has 0 bridgehead atoms. The molecule has 1 amide bonds. The van der Waals surface area contributed by atoms with Gasteiger partial charge in [-0.15, -0.1) is 0 Å². The molecule has 1 aromatic heterocycles. The SMILES string of the molecule is O=C(c1ccc(N2CCOCC2)c([N+](=O)[O-])c1)N(CC1CCCO1)c1nc2c(Cl)cccc2s1. The van der Waals surface area contributed by atoms with Crippen molar-refractivity contribution in [2.45, 2.75) is 18.9 Å². The number of hydrogen-bond donors (Lipinski definition) is 0. The number of nitrogens with zero attached hydrogens (tertiary/aromatic N) is 4. The minimum Gasteiger partial charge on any atom is -0.378 e. The first-order valence-electron chi connectivity index (χ1n) is 11.1. The van der Waals surface area contributed by atoms with Gasteiger partial charge in [0.05, 0.1) is 40.5 Å². The van der Waals surface area contributed by atoms with Crippen LogP contribution < -0.4 is 9.80 Å². The highest BCUT2D eigenvalue weighted by atomic mass is 35.5. The van der Waals surface area contributed by atoms with Crippen LogP contribution in [0.25, 0.3) is 10.2 Å². The van der Waals surface area contributed by atoms with Gasteiger partial charge in [0.1, 0.15) is 11.2 Å². The molecule has 5 rings (SSSR count). The second kappa shape index (κ2) is 9.83. The molecule has 1 unspecified atom stereocenters. The Balaban J connectivity index is 1.51. The molecule has 0 spiro atoms. The number of amides is 1. The number of nitro groups is 1. The van der Waals surface area contributed by atoms with Gasteiger partial charge in [-0.25, -0.2) is 4.98 Å². The Morgan fingerprint density at radius 2 is 2.09 bits per heavy atom. The van der Waals surface area contributed by atoms with E-state index in [1.54, 1.807) is 23.1 Å². The summed E-state index contributed by atoms with van der Waals surface area (Å²) in [5.41, 5.74) is 1.24. The highest BCUT2D eigenvalue weighted by molar-refractivity contribution is 7.22. The molecule has 0 saturated carbocycles. The van der Waals surface area contributed by atoms with Gasteiger partial charge in [0.15, 0.2) is 5.13 Å². The fourth-order valence-corrected chi connectivity index (χ4v) is 5.56. The van der Waals surface area contributed by atoms with E-state index in [4.69, 9.17) is 21.1 Å². The molecule has 2 fully saturated rings. The Hall–Kier alpha value is -2.79. The van der Waals surface area contributed by atoms with Crippen molar-refractivity contribution >= 4 is 55.6 Å². The molecule has 34 heavy (non-hydrogen) atoms. The van der Waals surface area contributed by atoms with Crippen molar-refractivity contribution in [2.24, 2.45) is 0 Å². The topological polar surface area (TPSA) is 98.0 Å². The van der Waals surface area contributed by atoms with Crippen LogP contribution in [0.1, 0.15) is 23.2 Å². The number of carbonyl (C=O) groups excluding carboxylic acids is 1. The molecule has 0 aliphatic carbocycles. The standard InChI is InChI=1S/C23H23ClN4O5S/c24-17-4-1-5-20-21(17)25-23(34-20)27(14-16-3-2-10-33-16)22(29)15-6-7-18(19(13-15)28(30)31)26-8-11-32-12-9-26/h1,4-7,13,16H,2-3,8-12,14H2. The van der Waals surface area contributed by atoms with Crippen molar-refractivity contribution < 1.29 is 19.2 Å². The molecule has 9 nitrogen and oxygen atoms in total. The maximum atomic E-state index is 13.7. The maximum Gasteiger partial charge on any atom is 0.293 e. The lowest BCUT2D eigenvalue weighted by Crippen LogP contribution is -2.38. The van der Waals surface area contributed by atoms with Crippen LogP contribution in [0, 0.1) is 10.1 Å². The van der Waals surface area contributed by atoms with Gasteiger partial charge in [0.25, 0.3) is 11.6 Å². The van der Waals surface area contributed by atoms with Crippen molar-refractivity contribution in [1.29, 1.82) is 0 Å². The van der Waals surface area contributed by atoms with Crippen molar-refractivity contribution in [2.75, 3.05) is 49.3 Å².